The minimum Gasteiger partial charge on any atom is -0.358 e. The van der Waals surface area contributed by atoms with E-state index in [2.05, 4.69) is 5.32 Å². The molecule has 2 aromatic carbocycles. The van der Waals surface area contributed by atoms with Crippen LogP contribution < -0.4 is 5.32 Å². The average molecular weight is 374 g/mol. The summed E-state index contributed by atoms with van der Waals surface area (Å²) in [5.41, 5.74) is 3.63. The lowest BCUT2D eigenvalue weighted by atomic mass is 9.77. The molecule has 1 N–H and O–H groups in total. The molecule has 2 aliphatic rings. The van der Waals surface area contributed by atoms with Gasteiger partial charge in [0.25, 0.3) is 5.69 Å². The third-order valence-electron chi connectivity index (χ3n) is 5.31. The number of ketones is 2. The van der Waals surface area contributed by atoms with Crippen LogP contribution in [-0.4, -0.2) is 16.5 Å². The molecular weight excluding hydrogens is 356 g/mol. The Morgan fingerprint density at radius 2 is 1.75 bits per heavy atom. The molecular formula is C22H18N2O4. The third kappa shape index (κ3) is 2.49. The van der Waals surface area contributed by atoms with E-state index in [-0.39, 0.29) is 23.7 Å². The first-order chi connectivity index (χ1) is 13.5. The van der Waals surface area contributed by atoms with Gasteiger partial charge < -0.3 is 5.32 Å². The van der Waals surface area contributed by atoms with E-state index in [4.69, 9.17) is 0 Å². The van der Waals surface area contributed by atoms with Gasteiger partial charge in [-0.1, -0.05) is 49.4 Å². The number of benzene rings is 2. The van der Waals surface area contributed by atoms with Crippen LogP contribution in [0.4, 0.5) is 5.69 Å². The van der Waals surface area contributed by atoms with Gasteiger partial charge in [-0.15, -0.1) is 0 Å². The zero-order valence-corrected chi connectivity index (χ0v) is 15.5. The van der Waals surface area contributed by atoms with Crippen LogP contribution >= 0.6 is 0 Å². The molecule has 0 spiro atoms. The van der Waals surface area contributed by atoms with Crippen molar-refractivity contribution in [3.63, 3.8) is 0 Å². The summed E-state index contributed by atoms with van der Waals surface area (Å²) in [5, 5.41) is 14.9. The number of hydrogen-bond donors (Lipinski definition) is 1. The summed E-state index contributed by atoms with van der Waals surface area (Å²) in [6, 6.07) is 13.5. The quantitative estimate of drug-likeness (QED) is 0.642. The van der Waals surface area contributed by atoms with Crippen LogP contribution in [0.1, 0.15) is 47.7 Å². The maximum Gasteiger partial charge on any atom is 0.273 e. The summed E-state index contributed by atoms with van der Waals surface area (Å²) in [6.07, 6.45) is 0.245. The largest absolute Gasteiger partial charge is 0.358 e. The van der Waals surface area contributed by atoms with E-state index in [0.29, 0.717) is 33.7 Å². The van der Waals surface area contributed by atoms with Crippen molar-refractivity contribution in [1.82, 2.24) is 5.32 Å². The number of rotatable bonds is 4. The summed E-state index contributed by atoms with van der Waals surface area (Å²) in [5.74, 6) is -1.11. The first-order valence-electron chi connectivity index (χ1n) is 9.08. The van der Waals surface area contributed by atoms with Crippen molar-refractivity contribution in [3.8, 4) is 0 Å². The van der Waals surface area contributed by atoms with E-state index < -0.39 is 10.8 Å². The molecule has 0 unspecified atom stereocenters. The van der Waals surface area contributed by atoms with E-state index in [1.165, 1.54) is 6.07 Å². The standard InChI is InChI=1S/C22H18N2O4/c1-3-17(25)18-12(2)23-21-13-8-4-5-9-14(13)22(26)20(21)19(18)15-10-6-7-11-16(15)24(27)28/h4-11,19,23H,3H2,1-2H3/t19-/m0/s1. The molecule has 28 heavy (non-hydrogen) atoms. The maximum atomic E-state index is 13.3. The SMILES string of the molecule is CCC(=O)C1=C(C)NC2=C(C(=O)c3ccccc32)[C@H]1c1ccccc1[N+](=O)[O-]. The topological polar surface area (TPSA) is 89.3 Å². The van der Waals surface area contributed by atoms with Crippen molar-refractivity contribution in [1.29, 1.82) is 0 Å². The molecule has 4 rings (SSSR count). The Kier molecular flexibility index (Phi) is 4.19. The Balaban J connectivity index is 2.02. The second-order valence-corrected chi connectivity index (χ2v) is 6.85. The number of Topliss-reactive ketones (excluding diaryl/α,β-unsaturated/α-hetero) is 2. The first kappa shape index (κ1) is 17.9. The predicted molar refractivity (Wildman–Crippen MR) is 105 cm³/mol. The first-order valence-corrected chi connectivity index (χ1v) is 9.08. The number of nitro benzene ring substituents is 1. The molecule has 140 valence electrons. The van der Waals surface area contributed by atoms with Crippen LogP contribution in [0, 0.1) is 10.1 Å². The summed E-state index contributed by atoms with van der Waals surface area (Å²) < 4.78 is 0. The molecule has 0 saturated carbocycles. The van der Waals surface area contributed by atoms with Crippen LogP contribution in [0.3, 0.4) is 0 Å². The summed E-state index contributed by atoms with van der Waals surface area (Å²) >= 11 is 0. The number of carbonyl (C=O) groups excluding carboxylic acids is 2. The molecule has 1 atom stereocenters. The van der Waals surface area contributed by atoms with Gasteiger partial charge >= 0.3 is 0 Å². The molecule has 2 aromatic rings. The normalized spacial score (nSPS) is 17.9. The van der Waals surface area contributed by atoms with Gasteiger partial charge in [-0.3, -0.25) is 19.7 Å². The number of nitrogens with one attached hydrogen (secondary N) is 1. The molecule has 1 aliphatic carbocycles. The predicted octanol–water partition coefficient (Wildman–Crippen LogP) is 4.14. The number of carbonyl (C=O) groups is 2. The van der Waals surface area contributed by atoms with Crippen LogP contribution in [0.2, 0.25) is 0 Å². The second kappa shape index (κ2) is 6.56. The van der Waals surface area contributed by atoms with Gasteiger partial charge in [0.05, 0.1) is 16.5 Å². The Morgan fingerprint density at radius 1 is 1.11 bits per heavy atom. The number of fused-ring (bicyclic) bond motifs is 2. The highest BCUT2D eigenvalue weighted by molar-refractivity contribution is 6.23. The van der Waals surface area contributed by atoms with Crippen molar-refractivity contribution in [2.75, 3.05) is 0 Å². The third-order valence-corrected chi connectivity index (χ3v) is 5.31. The number of allylic oxidation sites excluding steroid dienone is 3. The lowest BCUT2D eigenvalue weighted by Crippen LogP contribution is -2.28. The zero-order chi connectivity index (χ0) is 20.0. The molecule has 1 aliphatic heterocycles. The van der Waals surface area contributed by atoms with Crippen molar-refractivity contribution >= 4 is 23.0 Å². The second-order valence-electron chi connectivity index (χ2n) is 6.85. The minimum absolute atomic E-state index is 0.0980. The van der Waals surface area contributed by atoms with Gasteiger partial charge in [-0.2, -0.15) is 0 Å². The summed E-state index contributed by atoms with van der Waals surface area (Å²) in [6.45, 7) is 3.52. The Morgan fingerprint density at radius 3 is 2.43 bits per heavy atom. The van der Waals surface area contributed by atoms with Crippen molar-refractivity contribution in [2.24, 2.45) is 0 Å². The fourth-order valence-electron chi connectivity index (χ4n) is 4.10. The molecule has 6 nitrogen and oxygen atoms in total. The van der Waals surface area contributed by atoms with Crippen molar-refractivity contribution < 1.29 is 14.5 Å². The smallest absolute Gasteiger partial charge is 0.273 e. The molecule has 0 fully saturated rings. The fraction of sp³-hybridized carbons (Fsp3) is 0.182. The molecule has 0 bridgehead atoms. The van der Waals surface area contributed by atoms with Gasteiger partial charge in [-0.05, 0) is 6.92 Å². The zero-order valence-electron chi connectivity index (χ0n) is 15.5. The summed E-state index contributed by atoms with van der Waals surface area (Å²) in [7, 11) is 0. The van der Waals surface area contributed by atoms with Crippen LogP contribution in [0.25, 0.3) is 5.70 Å². The van der Waals surface area contributed by atoms with Crippen LogP contribution in [0.5, 0.6) is 0 Å². The van der Waals surface area contributed by atoms with Crippen LogP contribution in [0.15, 0.2) is 65.4 Å². The Labute approximate surface area is 161 Å². The van der Waals surface area contributed by atoms with E-state index in [9.17, 15) is 19.7 Å². The number of nitro groups is 1. The Hall–Kier alpha value is -3.54. The highest BCUT2D eigenvalue weighted by Crippen LogP contribution is 2.48. The maximum absolute atomic E-state index is 13.3. The number of hydrogen-bond acceptors (Lipinski definition) is 5. The van der Waals surface area contributed by atoms with Gasteiger partial charge in [0.15, 0.2) is 11.6 Å². The van der Waals surface area contributed by atoms with Gasteiger partial charge in [0, 0.05) is 46.0 Å². The van der Waals surface area contributed by atoms with E-state index in [1.54, 1.807) is 44.2 Å². The monoisotopic (exact) mass is 374 g/mol. The van der Waals surface area contributed by atoms with E-state index in [0.717, 1.165) is 5.56 Å². The lowest BCUT2D eigenvalue weighted by molar-refractivity contribution is -0.385. The Bertz CT molecular complexity index is 1110. The summed E-state index contributed by atoms with van der Waals surface area (Å²) in [4.78, 5) is 37.3. The minimum atomic E-state index is -0.773. The van der Waals surface area contributed by atoms with Gasteiger partial charge in [0.1, 0.15) is 0 Å². The average Bonchev–Trinajstić information content (AvgIpc) is 2.98. The van der Waals surface area contributed by atoms with Crippen LogP contribution in [-0.2, 0) is 4.79 Å². The van der Waals surface area contributed by atoms with Gasteiger partial charge in [0.2, 0.25) is 0 Å². The molecule has 1 heterocycles. The molecule has 6 heteroatoms. The van der Waals surface area contributed by atoms with Crippen molar-refractivity contribution in [2.45, 2.75) is 26.2 Å². The molecule has 0 amide bonds. The van der Waals surface area contributed by atoms with E-state index >= 15 is 0 Å². The van der Waals surface area contributed by atoms with E-state index in [1.807, 2.05) is 12.1 Å². The molecule has 0 saturated heterocycles. The highest BCUT2D eigenvalue weighted by atomic mass is 16.6. The number of dihydropyridines is 1. The van der Waals surface area contributed by atoms with Gasteiger partial charge in [-0.25, -0.2) is 0 Å². The molecule has 0 aromatic heterocycles. The van der Waals surface area contributed by atoms with Crippen molar-refractivity contribution in [3.05, 3.63) is 92.2 Å². The number of para-hydroxylation sites is 1. The fourth-order valence-corrected chi connectivity index (χ4v) is 4.10. The molecule has 0 radical (unpaired) electrons. The lowest BCUT2D eigenvalue weighted by Gasteiger charge is -2.29. The number of nitrogens with zero attached hydrogens (tertiary/aromatic N) is 1. The highest BCUT2D eigenvalue weighted by Gasteiger charge is 2.43.